The maximum absolute atomic E-state index is 7.59. The van der Waals surface area contributed by atoms with Crippen molar-refractivity contribution in [3.05, 3.63) is 36.2 Å². The fraction of sp³-hybridized carbons (Fsp3) is 0.417. The molecule has 0 aliphatic heterocycles. The Hall–Kier alpha value is -3.42. The van der Waals surface area contributed by atoms with Crippen LogP contribution < -0.4 is 9.47 Å². The molecule has 1 fully saturated rings. The Bertz CT molecular complexity index is 1280. The van der Waals surface area contributed by atoms with Gasteiger partial charge in [0.25, 0.3) is 0 Å². The standard InChI is InChI=1S/C24H27N5O3/c1-4-14(2)5-6-16-11-20-18(24(27-16)30-3)12-21(32-20)19-13-26-22-7-8-23(28-29(19)22)31-17-9-15(25)10-17/h7-8,11-14,17,25H,4-6,9-10H2,1-3H3. The highest BCUT2D eigenvalue weighted by Crippen LogP contribution is 2.34. The van der Waals surface area contributed by atoms with E-state index in [0.29, 0.717) is 47.6 Å². The first kappa shape index (κ1) is 20.5. The molecule has 32 heavy (non-hydrogen) atoms. The van der Waals surface area contributed by atoms with Gasteiger partial charge in [-0.1, -0.05) is 20.3 Å². The van der Waals surface area contributed by atoms with Crippen molar-refractivity contribution >= 4 is 22.3 Å². The predicted molar refractivity (Wildman–Crippen MR) is 122 cm³/mol. The third-order valence-electron chi connectivity index (χ3n) is 6.14. The fourth-order valence-electron chi connectivity index (χ4n) is 3.89. The smallest absolute Gasteiger partial charge is 0.232 e. The number of furan rings is 1. The van der Waals surface area contributed by atoms with E-state index in [9.17, 15) is 0 Å². The van der Waals surface area contributed by atoms with E-state index in [1.54, 1.807) is 17.8 Å². The largest absolute Gasteiger partial charge is 0.480 e. The van der Waals surface area contributed by atoms with Crippen LogP contribution in [0.25, 0.3) is 28.1 Å². The summed E-state index contributed by atoms with van der Waals surface area (Å²) in [6.07, 6.45) is 6.20. The molecule has 1 N–H and O–H groups in total. The third-order valence-corrected chi connectivity index (χ3v) is 6.14. The highest BCUT2D eigenvalue weighted by Gasteiger charge is 2.26. The van der Waals surface area contributed by atoms with Crippen molar-refractivity contribution in [3.8, 4) is 23.2 Å². The molecular weight excluding hydrogens is 406 g/mol. The lowest BCUT2D eigenvalue weighted by Gasteiger charge is -2.26. The second-order valence-corrected chi connectivity index (χ2v) is 8.53. The number of rotatable bonds is 8. The molecule has 8 nitrogen and oxygen atoms in total. The van der Waals surface area contributed by atoms with Crippen LogP contribution in [0.15, 0.2) is 34.9 Å². The molecule has 0 aromatic carbocycles. The van der Waals surface area contributed by atoms with Crippen LogP contribution in [0.3, 0.4) is 0 Å². The lowest BCUT2D eigenvalue weighted by Crippen LogP contribution is -2.33. The van der Waals surface area contributed by atoms with E-state index in [4.69, 9.17) is 24.3 Å². The summed E-state index contributed by atoms with van der Waals surface area (Å²) in [5, 5.41) is 13.0. The summed E-state index contributed by atoms with van der Waals surface area (Å²) >= 11 is 0. The van der Waals surface area contributed by atoms with Gasteiger partial charge in [0.1, 0.15) is 17.4 Å². The Kier molecular flexibility index (Phi) is 5.28. The normalized spacial score (nSPS) is 17.0. The number of aryl methyl sites for hydroxylation is 1. The second kappa shape index (κ2) is 8.26. The van der Waals surface area contributed by atoms with Gasteiger partial charge in [0.05, 0.1) is 18.7 Å². The monoisotopic (exact) mass is 433 g/mol. The van der Waals surface area contributed by atoms with E-state index in [0.717, 1.165) is 41.6 Å². The predicted octanol–water partition coefficient (Wildman–Crippen LogP) is 5.09. The van der Waals surface area contributed by atoms with Crippen LogP contribution in [-0.4, -0.2) is 38.5 Å². The first-order valence-corrected chi connectivity index (χ1v) is 11.1. The summed E-state index contributed by atoms with van der Waals surface area (Å²) in [4.78, 5) is 9.15. The molecule has 1 saturated carbocycles. The number of imidazole rings is 1. The third kappa shape index (κ3) is 3.81. The molecule has 1 aliphatic rings. The zero-order chi connectivity index (χ0) is 22.2. The van der Waals surface area contributed by atoms with E-state index in [1.807, 2.05) is 24.3 Å². The van der Waals surface area contributed by atoms with Gasteiger partial charge in [-0.05, 0) is 30.9 Å². The van der Waals surface area contributed by atoms with Crippen molar-refractivity contribution in [2.75, 3.05) is 7.11 Å². The summed E-state index contributed by atoms with van der Waals surface area (Å²) in [6.45, 7) is 4.46. The van der Waals surface area contributed by atoms with Crippen molar-refractivity contribution in [1.29, 1.82) is 5.41 Å². The van der Waals surface area contributed by atoms with E-state index >= 15 is 0 Å². The second-order valence-electron chi connectivity index (χ2n) is 8.53. The van der Waals surface area contributed by atoms with Gasteiger partial charge in [-0.15, -0.1) is 5.10 Å². The first-order chi connectivity index (χ1) is 15.5. The number of nitrogens with one attached hydrogen (secondary N) is 1. The molecule has 1 atom stereocenters. The molecule has 0 saturated heterocycles. The Morgan fingerprint density at radius 3 is 2.88 bits per heavy atom. The van der Waals surface area contributed by atoms with Gasteiger partial charge >= 0.3 is 0 Å². The lowest BCUT2D eigenvalue weighted by atomic mass is 9.93. The minimum Gasteiger partial charge on any atom is -0.480 e. The molecule has 0 bridgehead atoms. The van der Waals surface area contributed by atoms with Gasteiger partial charge in [0.15, 0.2) is 11.4 Å². The zero-order valence-electron chi connectivity index (χ0n) is 18.6. The van der Waals surface area contributed by atoms with Gasteiger partial charge < -0.3 is 19.3 Å². The van der Waals surface area contributed by atoms with Crippen molar-refractivity contribution in [2.24, 2.45) is 5.92 Å². The maximum atomic E-state index is 7.59. The number of nitrogens with zero attached hydrogens (tertiary/aromatic N) is 4. The molecule has 8 heteroatoms. The molecule has 1 unspecified atom stereocenters. The van der Waals surface area contributed by atoms with Crippen LogP contribution in [0.5, 0.6) is 11.8 Å². The summed E-state index contributed by atoms with van der Waals surface area (Å²) in [5.41, 5.74) is 3.85. The van der Waals surface area contributed by atoms with Crippen LogP contribution in [0.4, 0.5) is 0 Å². The molecule has 4 heterocycles. The summed E-state index contributed by atoms with van der Waals surface area (Å²) in [6, 6.07) is 7.60. The summed E-state index contributed by atoms with van der Waals surface area (Å²) in [5.74, 6) is 2.37. The number of methoxy groups -OCH3 is 1. The van der Waals surface area contributed by atoms with Gasteiger partial charge in [0.2, 0.25) is 11.8 Å². The fourth-order valence-corrected chi connectivity index (χ4v) is 3.89. The minimum absolute atomic E-state index is 0.0230. The molecule has 166 valence electrons. The molecule has 0 radical (unpaired) electrons. The van der Waals surface area contributed by atoms with Crippen molar-refractivity contribution in [3.63, 3.8) is 0 Å². The van der Waals surface area contributed by atoms with Gasteiger partial charge in [-0.2, -0.15) is 0 Å². The Morgan fingerprint density at radius 1 is 1.28 bits per heavy atom. The van der Waals surface area contributed by atoms with Crippen LogP contribution in [0, 0.1) is 11.3 Å². The van der Waals surface area contributed by atoms with E-state index in [1.165, 1.54) is 0 Å². The van der Waals surface area contributed by atoms with Crippen LogP contribution in [0.2, 0.25) is 0 Å². The van der Waals surface area contributed by atoms with Gasteiger partial charge in [-0.3, -0.25) is 0 Å². The van der Waals surface area contributed by atoms with E-state index in [-0.39, 0.29) is 6.10 Å². The van der Waals surface area contributed by atoms with Crippen molar-refractivity contribution in [2.45, 2.75) is 52.1 Å². The quantitative estimate of drug-likeness (QED) is 0.416. The number of pyridine rings is 1. The van der Waals surface area contributed by atoms with Crippen LogP contribution in [-0.2, 0) is 6.42 Å². The van der Waals surface area contributed by atoms with Crippen molar-refractivity contribution < 1.29 is 13.9 Å². The van der Waals surface area contributed by atoms with Gasteiger partial charge in [0, 0.05) is 36.4 Å². The number of hydrogen-bond donors (Lipinski definition) is 1. The van der Waals surface area contributed by atoms with Gasteiger partial charge in [-0.25, -0.2) is 14.5 Å². The first-order valence-electron chi connectivity index (χ1n) is 11.1. The SMILES string of the molecule is CCC(C)CCc1cc2oc(-c3cnc4ccc(OC5CC(=N)C5)nn34)cc2c(OC)n1. The van der Waals surface area contributed by atoms with E-state index < -0.39 is 0 Å². The molecule has 0 amide bonds. The number of ether oxygens (including phenoxy) is 2. The molecule has 0 spiro atoms. The molecule has 4 aromatic heterocycles. The number of hydrogen-bond acceptors (Lipinski definition) is 7. The Labute approximate surface area is 186 Å². The Morgan fingerprint density at radius 2 is 2.12 bits per heavy atom. The zero-order valence-corrected chi connectivity index (χ0v) is 18.6. The van der Waals surface area contributed by atoms with E-state index in [2.05, 4.69) is 23.9 Å². The minimum atomic E-state index is 0.0230. The van der Waals surface area contributed by atoms with Crippen LogP contribution in [0.1, 0.15) is 45.2 Å². The molecule has 4 aromatic rings. The highest BCUT2D eigenvalue weighted by molar-refractivity contribution is 5.88. The summed E-state index contributed by atoms with van der Waals surface area (Å²) in [7, 11) is 1.63. The molecular formula is C24H27N5O3. The maximum Gasteiger partial charge on any atom is 0.232 e. The lowest BCUT2D eigenvalue weighted by molar-refractivity contribution is 0.181. The average Bonchev–Trinajstić information content (AvgIpc) is 3.39. The average molecular weight is 434 g/mol. The summed E-state index contributed by atoms with van der Waals surface area (Å²) < 4.78 is 19.4. The Balaban J connectivity index is 1.48. The molecule has 1 aliphatic carbocycles. The van der Waals surface area contributed by atoms with Crippen LogP contribution >= 0.6 is 0 Å². The molecule has 5 rings (SSSR count). The number of fused-ring (bicyclic) bond motifs is 2. The van der Waals surface area contributed by atoms with Crippen molar-refractivity contribution in [1.82, 2.24) is 19.6 Å². The topological polar surface area (TPSA) is 98.5 Å². The highest BCUT2D eigenvalue weighted by atomic mass is 16.5. The number of aromatic nitrogens is 4.